The summed E-state index contributed by atoms with van der Waals surface area (Å²) in [6.07, 6.45) is -3.32. The normalized spacial score (nSPS) is 11.5. The minimum atomic E-state index is -4.51. The Kier molecular flexibility index (Phi) is 3.24. The number of anilines is 1. The van der Waals surface area contributed by atoms with Gasteiger partial charge in [0.2, 0.25) is 5.88 Å². The Morgan fingerprint density at radius 2 is 2.05 bits per heavy atom. The molecule has 102 valence electrons. The number of rotatable bonds is 3. The van der Waals surface area contributed by atoms with Crippen LogP contribution in [0, 0.1) is 0 Å². The van der Waals surface area contributed by atoms with Crippen LogP contribution in [0.5, 0.6) is 5.88 Å². The van der Waals surface area contributed by atoms with E-state index >= 15 is 0 Å². The van der Waals surface area contributed by atoms with Crippen LogP contribution in [-0.2, 0) is 12.8 Å². The van der Waals surface area contributed by atoms with Crippen LogP contribution < -0.4 is 10.5 Å². The van der Waals surface area contributed by atoms with Gasteiger partial charge < -0.3 is 15.7 Å². The zero-order valence-electron chi connectivity index (χ0n) is 9.55. The van der Waals surface area contributed by atoms with Crippen molar-refractivity contribution in [3.8, 4) is 5.88 Å². The van der Waals surface area contributed by atoms with Gasteiger partial charge in [-0.25, -0.2) is 0 Å². The van der Waals surface area contributed by atoms with Crippen molar-refractivity contribution in [3.63, 3.8) is 0 Å². The number of hydrogen-bond donors (Lipinski definition) is 2. The van der Waals surface area contributed by atoms with Crippen LogP contribution in [0.15, 0.2) is 30.5 Å². The molecule has 0 bridgehead atoms. The zero-order valence-corrected chi connectivity index (χ0v) is 9.55. The highest BCUT2D eigenvalue weighted by Gasteiger charge is 2.34. The fourth-order valence-corrected chi connectivity index (χ4v) is 1.55. The summed E-state index contributed by atoms with van der Waals surface area (Å²) in [6.45, 7) is -0.390. The van der Waals surface area contributed by atoms with E-state index in [1.54, 1.807) is 0 Å². The van der Waals surface area contributed by atoms with E-state index in [1.807, 2.05) is 0 Å². The minimum Gasteiger partial charge on any atom is -0.472 e. The Bertz CT molecular complexity index is 581. The van der Waals surface area contributed by atoms with Crippen molar-refractivity contribution in [3.05, 3.63) is 41.6 Å². The average molecular weight is 273 g/mol. The molecule has 0 aliphatic rings. The molecule has 0 radical (unpaired) electrons. The Hall–Kier alpha value is -2.38. The third-order valence-corrected chi connectivity index (χ3v) is 2.43. The van der Waals surface area contributed by atoms with Gasteiger partial charge in [-0.15, -0.1) is 4.85 Å². The van der Waals surface area contributed by atoms with E-state index in [1.165, 1.54) is 24.4 Å². The molecule has 2 rings (SSSR count). The van der Waals surface area contributed by atoms with Crippen LogP contribution in [0.25, 0.3) is 0 Å². The maximum atomic E-state index is 12.8. The predicted molar refractivity (Wildman–Crippen MR) is 59.6 cm³/mol. The summed E-state index contributed by atoms with van der Waals surface area (Å²) in [5.74, 6) is -0.00104. The SMILES string of the molecule is Nc1cccc(C(F)(F)F)c1COc1ccn(O)n1. The average Bonchev–Trinajstić information content (AvgIpc) is 2.72. The summed E-state index contributed by atoms with van der Waals surface area (Å²) in [5, 5.41) is 12.4. The quantitative estimate of drug-likeness (QED) is 0.664. The van der Waals surface area contributed by atoms with Crippen molar-refractivity contribution in [2.24, 2.45) is 0 Å². The minimum absolute atomic E-state index is 0.00104. The van der Waals surface area contributed by atoms with Gasteiger partial charge in [0.05, 0.1) is 11.8 Å². The van der Waals surface area contributed by atoms with E-state index in [0.717, 1.165) is 6.07 Å². The van der Waals surface area contributed by atoms with Gasteiger partial charge >= 0.3 is 6.18 Å². The standard InChI is InChI=1S/C11H10F3N3O2/c12-11(13,14)8-2-1-3-9(15)7(8)6-19-10-4-5-17(18)16-10/h1-5,18H,6,15H2. The second-order valence-corrected chi connectivity index (χ2v) is 3.73. The highest BCUT2D eigenvalue weighted by molar-refractivity contribution is 5.51. The van der Waals surface area contributed by atoms with Crippen molar-refractivity contribution in [2.75, 3.05) is 5.73 Å². The Balaban J connectivity index is 2.24. The van der Waals surface area contributed by atoms with Crippen molar-refractivity contribution in [1.82, 2.24) is 9.94 Å². The Morgan fingerprint density at radius 3 is 2.63 bits per heavy atom. The molecule has 8 heteroatoms. The lowest BCUT2D eigenvalue weighted by atomic mass is 10.1. The molecule has 0 amide bonds. The molecule has 5 nitrogen and oxygen atoms in total. The number of hydrogen-bond acceptors (Lipinski definition) is 4. The fourth-order valence-electron chi connectivity index (χ4n) is 1.55. The summed E-state index contributed by atoms with van der Waals surface area (Å²) in [4.78, 5) is 0.494. The van der Waals surface area contributed by atoms with Crippen LogP contribution in [0.1, 0.15) is 11.1 Å². The van der Waals surface area contributed by atoms with E-state index in [2.05, 4.69) is 5.10 Å². The first-order valence-electron chi connectivity index (χ1n) is 5.20. The van der Waals surface area contributed by atoms with Gasteiger partial charge in [-0.3, -0.25) is 0 Å². The molecule has 2 aromatic rings. The Labute approximate surface area is 106 Å². The molecule has 1 heterocycles. The molecule has 0 unspecified atom stereocenters. The summed E-state index contributed by atoms with van der Waals surface area (Å²) >= 11 is 0. The maximum Gasteiger partial charge on any atom is 0.416 e. The molecule has 1 aromatic heterocycles. The molecule has 0 aliphatic carbocycles. The number of nitrogens with two attached hydrogens (primary N) is 1. The molecule has 0 atom stereocenters. The molecule has 0 fully saturated rings. The summed E-state index contributed by atoms with van der Waals surface area (Å²) in [7, 11) is 0. The lowest BCUT2D eigenvalue weighted by Crippen LogP contribution is -2.13. The van der Waals surface area contributed by atoms with Gasteiger partial charge in [-0.1, -0.05) is 11.2 Å². The molecule has 0 aliphatic heterocycles. The highest BCUT2D eigenvalue weighted by atomic mass is 19.4. The lowest BCUT2D eigenvalue weighted by Gasteiger charge is -2.14. The summed E-state index contributed by atoms with van der Waals surface area (Å²) in [5.41, 5.74) is 4.50. The third-order valence-electron chi connectivity index (χ3n) is 2.43. The lowest BCUT2D eigenvalue weighted by molar-refractivity contribution is -0.138. The molecule has 3 N–H and O–H groups in total. The van der Waals surface area contributed by atoms with E-state index in [0.29, 0.717) is 4.85 Å². The van der Waals surface area contributed by atoms with Crippen LogP contribution in [0.4, 0.5) is 18.9 Å². The number of nitrogens with zero attached hydrogens (tertiary/aromatic N) is 2. The van der Waals surface area contributed by atoms with Crippen molar-refractivity contribution in [2.45, 2.75) is 12.8 Å². The van der Waals surface area contributed by atoms with Gasteiger partial charge in [0.25, 0.3) is 0 Å². The summed E-state index contributed by atoms with van der Waals surface area (Å²) < 4.78 is 43.4. The maximum absolute atomic E-state index is 12.8. The zero-order chi connectivity index (χ0) is 14.0. The monoisotopic (exact) mass is 273 g/mol. The van der Waals surface area contributed by atoms with E-state index in [4.69, 9.17) is 15.7 Å². The predicted octanol–water partition coefficient (Wildman–Crippen LogP) is 2.30. The number of aromatic nitrogens is 2. The Morgan fingerprint density at radius 1 is 1.32 bits per heavy atom. The van der Waals surface area contributed by atoms with E-state index < -0.39 is 18.3 Å². The molecular weight excluding hydrogens is 263 g/mol. The molecular formula is C11H10F3N3O2. The van der Waals surface area contributed by atoms with Crippen molar-refractivity contribution < 1.29 is 23.1 Å². The first-order valence-corrected chi connectivity index (χ1v) is 5.20. The van der Waals surface area contributed by atoms with Crippen LogP contribution in [0.3, 0.4) is 0 Å². The number of nitrogen functional groups attached to an aromatic ring is 1. The van der Waals surface area contributed by atoms with Gasteiger partial charge in [0.1, 0.15) is 6.61 Å². The molecule has 19 heavy (non-hydrogen) atoms. The van der Waals surface area contributed by atoms with Gasteiger partial charge in [0.15, 0.2) is 0 Å². The van der Waals surface area contributed by atoms with E-state index in [9.17, 15) is 13.2 Å². The largest absolute Gasteiger partial charge is 0.472 e. The second kappa shape index (κ2) is 4.71. The number of halogens is 3. The highest BCUT2D eigenvalue weighted by Crippen LogP contribution is 2.34. The van der Waals surface area contributed by atoms with Crippen LogP contribution in [0.2, 0.25) is 0 Å². The first kappa shape index (κ1) is 13.1. The first-order chi connectivity index (χ1) is 8.88. The third kappa shape index (κ3) is 2.90. The summed E-state index contributed by atoms with van der Waals surface area (Å²) in [6, 6.07) is 4.83. The van der Waals surface area contributed by atoms with Crippen LogP contribution >= 0.6 is 0 Å². The topological polar surface area (TPSA) is 73.3 Å². The van der Waals surface area contributed by atoms with Crippen molar-refractivity contribution in [1.29, 1.82) is 0 Å². The fraction of sp³-hybridized carbons (Fsp3) is 0.182. The molecule has 0 saturated heterocycles. The molecule has 0 saturated carbocycles. The number of alkyl halides is 3. The molecule has 1 aromatic carbocycles. The number of ether oxygens (including phenoxy) is 1. The van der Waals surface area contributed by atoms with Gasteiger partial charge in [0, 0.05) is 17.3 Å². The smallest absolute Gasteiger partial charge is 0.416 e. The number of benzene rings is 1. The molecule has 0 spiro atoms. The van der Waals surface area contributed by atoms with Crippen LogP contribution in [-0.4, -0.2) is 15.2 Å². The second-order valence-electron chi connectivity index (χ2n) is 3.73. The van der Waals surface area contributed by atoms with Gasteiger partial charge in [-0.2, -0.15) is 13.2 Å². The van der Waals surface area contributed by atoms with E-state index in [-0.39, 0.29) is 17.1 Å². The van der Waals surface area contributed by atoms with Crippen molar-refractivity contribution >= 4 is 5.69 Å². The van der Waals surface area contributed by atoms with Gasteiger partial charge in [-0.05, 0) is 12.1 Å².